The molecule has 1 aromatic heterocycles. The van der Waals surface area contributed by atoms with Gasteiger partial charge in [0.15, 0.2) is 0 Å². The molecular weight excluding hydrogens is 214 g/mol. The Morgan fingerprint density at radius 1 is 1.33 bits per heavy atom. The number of rotatable bonds is 2. The summed E-state index contributed by atoms with van der Waals surface area (Å²) in [7, 11) is 0. The van der Waals surface area contributed by atoms with Crippen molar-refractivity contribution in [3.8, 4) is 0 Å². The molecule has 0 radical (unpaired) electrons. The molecule has 1 rings (SSSR count). The first-order valence-corrected chi connectivity index (χ1v) is 5.02. The summed E-state index contributed by atoms with van der Waals surface area (Å²) in [4.78, 5) is 4.35. The van der Waals surface area contributed by atoms with Crippen LogP contribution in [0.15, 0.2) is 22.8 Å². The van der Waals surface area contributed by atoms with Crippen molar-refractivity contribution in [1.29, 1.82) is 0 Å². The maximum Gasteiger partial charge on any atom is 0.0576 e. The van der Waals surface area contributed by atoms with E-state index in [1.54, 1.807) is 0 Å². The van der Waals surface area contributed by atoms with E-state index in [4.69, 9.17) is 0 Å². The van der Waals surface area contributed by atoms with Gasteiger partial charge in [-0.05, 0) is 34.0 Å². The molecule has 0 aliphatic rings. The number of halogens is 1. The average Bonchev–Trinajstić information content (AvgIpc) is 2.04. The van der Waals surface area contributed by atoms with Crippen molar-refractivity contribution < 1.29 is 0 Å². The standard InChI is InChI=1S/C10H14BrN/c1-7(2)8(3)10-9(11)5-4-6-12-10/h4-8H,1-3H3. The first kappa shape index (κ1) is 9.72. The maximum atomic E-state index is 4.35. The number of hydrogen-bond acceptors (Lipinski definition) is 1. The van der Waals surface area contributed by atoms with Crippen molar-refractivity contribution in [2.24, 2.45) is 5.92 Å². The third-order valence-corrected chi connectivity index (χ3v) is 2.89. The Labute approximate surface area is 82.3 Å². The highest BCUT2D eigenvalue weighted by atomic mass is 79.9. The quantitative estimate of drug-likeness (QED) is 0.753. The zero-order valence-electron chi connectivity index (χ0n) is 7.71. The van der Waals surface area contributed by atoms with Gasteiger partial charge in [-0.1, -0.05) is 20.8 Å². The van der Waals surface area contributed by atoms with Crippen molar-refractivity contribution in [2.75, 3.05) is 0 Å². The second kappa shape index (κ2) is 4.04. The van der Waals surface area contributed by atoms with Crippen LogP contribution in [0.25, 0.3) is 0 Å². The molecule has 0 spiro atoms. The van der Waals surface area contributed by atoms with E-state index >= 15 is 0 Å². The van der Waals surface area contributed by atoms with Crippen LogP contribution in [-0.4, -0.2) is 4.98 Å². The minimum Gasteiger partial charge on any atom is -0.260 e. The minimum absolute atomic E-state index is 0.514. The molecule has 0 bridgehead atoms. The molecule has 0 saturated heterocycles. The second-order valence-corrected chi connectivity index (χ2v) is 4.26. The van der Waals surface area contributed by atoms with Gasteiger partial charge in [-0.3, -0.25) is 4.98 Å². The third kappa shape index (κ3) is 2.07. The van der Waals surface area contributed by atoms with E-state index in [1.807, 2.05) is 18.3 Å². The molecule has 0 fully saturated rings. The monoisotopic (exact) mass is 227 g/mol. The van der Waals surface area contributed by atoms with Gasteiger partial charge in [0, 0.05) is 16.6 Å². The van der Waals surface area contributed by atoms with Gasteiger partial charge in [-0.2, -0.15) is 0 Å². The molecule has 1 heterocycles. The first-order chi connectivity index (χ1) is 5.63. The van der Waals surface area contributed by atoms with Crippen LogP contribution < -0.4 is 0 Å². The fourth-order valence-electron chi connectivity index (χ4n) is 1.05. The lowest BCUT2D eigenvalue weighted by Gasteiger charge is -2.15. The lowest BCUT2D eigenvalue weighted by molar-refractivity contribution is 0.521. The number of pyridine rings is 1. The Morgan fingerprint density at radius 3 is 2.50 bits per heavy atom. The zero-order chi connectivity index (χ0) is 9.14. The van der Waals surface area contributed by atoms with Gasteiger partial charge in [0.25, 0.3) is 0 Å². The van der Waals surface area contributed by atoms with E-state index in [0.717, 1.165) is 10.2 Å². The van der Waals surface area contributed by atoms with Gasteiger partial charge in [0.05, 0.1) is 5.69 Å². The van der Waals surface area contributed by atoms with E-state index in [0.29, 0.717) is 11.8 Å². The van der Waals surface area contributed by atoms with E-state index in [9.17, 15) is 0 Å². The maximum absolute atomic E-state index is 4.35. The van der Waals surface area contributed by atoms with Gasteiger partial charge in [-0.15, -0.1) is 0 Å². The molecule has 66 valence electrons. The van der Waals surface area contributed by atoms with Gasteiger partial charge in [0.2, 0.25) is 0 Å². The molecule has 0 aliphatic heterocycles. The molecule has 1 atom stereocenters. The molecule has 1 nitrogen and oxygen atoms in total. The van der Waals surface area contributed by atoms with Crippen molar-refractivity contribution in [1.82, 2.24) is 4.98 Å². The summed E-state index contributed by atoms with van der Waals surface area (Å²) in [6.45, 7) is 6.63. The van der Waals surface area contributed by atoms with E-state index in [1.165, 1.54) is 0 Å². The molecule has 12 heavy (non-hydrogen) atoms. The van der Waals surface area contributed by atoms with Crippen LogP contribution >= 0.6 is 15.9 Å². The number of hydrogen-bond donors (Lipinski definition) is 0. The summed E-state index contributed by atoms with van der Waals surface area (Å²) in [5.74, 6) is 1.15. The van der Waals surface area contributed by atoms with E-state index in [2.05, 4.69) is 41.7 Å². The van der Waals surface area contributed by atoms with Crippen LogP contribution in [0.5, 0.6) is 0 Å². The Hall–Kier alpha value is -0.370. The van der Waals surface area contributed by atoms with Crippen LogP contribution in [0.1, 0.15) is 32.4 Å². The van der Waals surface area contributed by atoms with Crippen molar-refractivity contribution in [3.63, 3.8) is 0 Å². The molecule has 0 amide bonds. The van der Waals surface area contributed by atoms with Crippen LogP contribution in [-0.2, 0) is 0 Å². The average molecular weight is 228 g/mol. The van der Waals surface area contributed by atoms with Crippen molar-refractivity contribution >= 4 is 15.9 Å². The fourth-order valence-corrected chi connectivity index (χ4v) is 1.66. The third-order valence-electron chi connectivity index (χ3n) is 2.22. The highest BCUT2D eigenvalue weighted by molar-refractivity contribution is 9.10. The SMILES string of the molecule is CC(C)C(C)c1ncccc1Br. The molecule has 0 aromatic carbocycles. The fraction of sp³-hybridized carbons (Fsp3) is 0.500. The van der Waals surface area contributed by atoms with Crippen LogP contribution in [0.3, 0.4) is 0 Å². The summed E-state index contributed by atoms with van der Waals surface area (Å²) < 4.78 is 1.12. The first-order valence-electron chi connectivity index (χ1n) is 4.23. The predicted molar refractivity (Wildman–Crippen MR) is 55.2 cm³/mol. The lowest BCUT2D eigenvalue weighted by atomic mass is 9.94. The highest BCUT2D eigenvalue weighted by Gasteiger charge is 2.13. The van der Waals surface area contributed by atoms with E-state index in [-0.39, 0.29) is 0 Å². The van der Waals surface area contributed by atoms with Crippen molar-refractivity contribution in [2.45, 2.75) is 26.7 Å². The summed E-state index contributed by atoms with van der Waals surface area (Å²) in [5, 5.41) is 0. The molecule has 0 aliphatic carbocycles. The van der Waals surface area contributed by atoms with Crippen LogP contribution in [0.4, 0.5) is 0 Å². The van der Waals surface area contributed by atoms with Crippen LogP contribution in [0.2, 0.25) is 0 Å². The predicted octanol–water partition coefficient (Wildman–Crippen LogP) is 3.60. The van der Waals surface area contributed by atoms with E-state index < -0.39 is 0 Å². The minimum atomic E-state index is 0.514. The zero-order valence-corrected chi connectivity index (χ0v) is 9.30. The summed E-state index contributed by atoms with van der Waals surface area (Å²) in [5.41, 5.74) is 1.16. The van der Waals surface area contributed by atoms with Crippen molar-refractivity contribution in [3.05, 3.63) is 28.5 Å². The second-order valence-electron chi connectivity index (χ2n) is 3.40. The normalized spacial score (nSPS) is 13.4. The Bertz CT molecular complexity index is 258. The molecule has 0 N–H and O–H groups in total. The number of nitrogens with zero attached hydrogens (tertiary/aromatic N) is 1. The lowest BCUT2D eigenvalue weighted by Crippen LogP contribution is -2.04. The topological polar surface area (TPSA) is 12.9 Å². The molecule has 2 heteroatoms. The summed E-state index contributed by atoms with van der Waals surface area (Å²) in [6, 6.07) is 3.99. The Kier molecular flexibility index (Phi) is 3.27. The smallest absolute Gasteiger partial charge is 0.0576 e. The molecule has 1 unspecified atom stereocenters. The van der Waals surface area contributed by atoms with Crippen LogP contribution in [0, 0.1) is 5.92 Å². The molecule has 1 aromatic rings. The molecular formula is C10H14BrN. The summed E-state index contributed by atoms with van der Waals surface area (Å²) in [6.07, 6.45) is 1.85. The summed E-state index contributed by atoms with van der Waals surface area (Å²) >= 11 is 3.50. The number of aromatic nitrogens is 1. The molecule has 0 saturated carbocycles. The Balaban J connectivity index is 2.94. The van der Waals surface area contributed by atoms with Gasteiger partial charge < -0.3 is 0 Å². The van der Waals surface area contributed by atoms with Gasteiger partial charge in [-0.25, -0.2) is 0 Å². The highest BCUT2D eigenvalue weighted by Crippen LogP contribution is 2.27. The Morgan fingerprint density at radius 2 is 2.00 bits per heavy atom. The van der Waals surface area contributed by atoms with Gasteiger partial charge >= 0.3 is 0 Å². The van der Waals surface area contributed by atoms with Gasteiger partial charge in [0.1, 0.15) is 0 Å². The largest absolute Gasteiger partial charge is 0.260 e.